The first kappa shape index (κ1) is 19.1. The minimum absolute atomic E-state index is 0.0597. The van der Waals surface area contributed by atoms with E-state index in [2.05, 4.69) is 17.6 Å². The van der Waals surface area contributed by atoms with E-state index in [1.54, 1.807) is 24.4 Å². The van der Waals surface area contributed by atoms with Crippen LogP contribution >= 0.6 is 11.6 Å². The molecule has 1 amide bonds. The number of anilines is 2. The number of carbonyl (C=O) groups is 1. The average molecular weight is 399 g/mol. The average Bonchev–Trinajstić information content (AvgIpc) is 2.64. The monoisotopic (exact) mass is 398 g/mol. The molecule has 0 heterocycles. The van der Waals surface area contributed by atoms with Crippen LogP contribution in [-0.4, -0.2) is 11.9 Å². The van der Waals surface area contributed by atoms with Crippen LogP contribution in [0.15, 0.2) is 30.0 Å². The summed E-state index contributed by atoms with van der Waals surface area (Å²) >= 11 is 6.00. The van der Waals surface area contributed by atoms with Gasteiger partial charge < -0.3 is 16.4 Å². The first-order valence-corrected chi connectivity index (χ1v) is 10.5. The summed E-state index contributed by atoms with van der Waals surface area (Å²) in [6.07, 6.45) is 9.61. The molecule has 0 radical (unpaired) electrons. The first-order valence-electron chi connectivity index (χ1n) is 10.1. The van der Waals surface area contributed by atoms with E-state index in [9.17, 15) is 10.1 Å². The van der Waals surface area contributed by atoms with Gasteiger partial charge in [-0.15, -0.1) is 0 Å². The highest BCUT2D eigenvalue weighted by Crippen LogP contribution is 2.61. The number of nitrogens with zero attached hydrogens (tertiary/aromatic N) is 1. The maximum absolute atomic E-state index is 12.5. The van der Waals surface area contributed by atoms with E-state index < -0.39 is 5.91 Å². The molecular formula is C22H27ClN4O. The molecule has 0 saturated heterocycles. The highest BCUT2D eigenvalue weighted by molar-refractivity contribution is 6.33. The number of nitrogens with two attached hydrogens (primary N) is 1. The minimum Gasteiger partial charge on any atom is -0.398 e. The fourth-order valence-electron chi connectivity index (χ4n) is 6.04. The Morgan fingerprint density at radius 1 is 1.29 bits per heavy atom. The number of nitriles is 1. The molecule has 148 valence electrons. The van der Waals surface area contributed by atoms with E-state index in [0.29, 0.717) is 21.8 Å². The standard InChI is InChI=1S/C22H27ClN4O/c1-13(22-8-14-4-15(9-22)6-16(5-14)10-22)26-12-17(11-24)21(28)27-18-2-3-20(25)19(23)7-18/h2-3,7,12-16,26H,4-6,8-10,25H2,1H3,(H,27,28)/b17-12-. The third-order valence-electron chi connectivity index (χ3n) is 7.11. The molecule has 6 heteroatoms. The third kappa shape index (κ3) is 3.58. The molecule has 0 spiro atoms. The molecule has 28 heavy (non-hydrogen) atoms. The highest BCUT2D eigenvalue weighted by Gasteiger charge is 2.52. The number of hydrogen-bond donors (Lipinski definition) is 3. The van der Waals surface area contributed by atoms with Crippen LogP contribution in [0.3, 0.4) is 0 Å². The molecular weight excluding hydrogens is 372 g/mol. The lowest BCUT2D eigenvalue weighted by atomic mass is 9.48. The fraction of sp³-hybridized carbons (Fsp3) is 0.545. The topological polar surface area (TPSA) is 90.9 Å². The second kappa shape index (κ2) is 7.33. The van der Waals surface area contributed by atoms with E-state index >= 15 is 0 Å². The van der Waals surface area contributed by atoms with E-state index in [0.717, 1.165) is 17.8 Å². The van der Waals surface area contributed by atoms with E-state index in [1.165, 1.54) is 38.5 Å². The molecule has 4 saturated carbocycles. The van der Waals surface area contributed by atoms with Gasteiger partial charge in [0.15, 0.2) is 0 Å². The summed E-state index contributed by atoms with van der Waals surface area (Å²) in [5.74, 6) is 2.16. The van der Waals surface area contributed by atoms with Crippen LogP contribution < -0.4 is 16.4 Å². The second-order valence-corrected chi connectivity index (χ2v) is 9.44. The predicted molar refractivity (Wildman–Crippen MR) is 111 cm³/mol. The van der Waals surface area contributed by atoms with Crippen molar-refractivity contribution in [3.05, 3.63) is 35.0 Å². The number of benzene rings is 1. The quantitative estimate of drug-likeness (QED) is 0.388. The first-order chi connectivity index (χ1) is 13.4. The summed E-state index contributed by atoms with van der Waals surface area (Å²) in [5, 5.41) is 15.9. The van der Waals surface area contributed by atoms with Gasteiger partial charge in [0, 0.05) is 17.9 Å². The molecule has 1 atom stereocenters. The summed E-state index contributed by atoms with van der Waals surface area (Å²) in [4.78, 5) is 12.5. The van der Waals surface area contributed by atoms with E-state index in [-0.39, 0.29) is 11.6 Å². The van der Waals surface area contributed by atoms with Crippen LogP contribution in [-0.2, 0) is 4.79 Å². The van der Waals surface area contributed by atoms with E-state index in [4.69, 9.17) is 17.3 Å². The fourth-order valence-corrected chi connectivity index (χ4v) is 6.23. The van der Waals surface area contributed by atoms with Crippen molar-refractivity contribution < 1.29 is 4.79 Å². The number of hydrogen-bond acceptors (Lipinski definition) is 4. The van der Waals surface area contributed by atoms with Crippen LogP contribution in [0.5, 0.6) is 0 Å². The molecule has 1 aromatic carbocycles. The lowest BCUT2D eigenvalue weighted by Crippen LogP contribution is -2.54. The zero-order valence-electron chi connectivity index (χ0n) is 16.2. The van der Waals surface area contributed by atoms with Crippen molar-refractivity contribution in [2.24, 2.45) is 23.2 Å². The Morgan fingerprint density at radius 2 is 1.89 bits per heavy atom. The molecule has 4 aliphatic rings. The second-order valence-electron chi connectivity index (χ2n) is 9.03. The predicted octanol–water partition coefficient (Wildman–Crippen LogP) is 4.46. The van der Waals surface area contributed by atoms with Crippen molar-refractivity contribution >= 4 is 28.9 Å². The molecule has 0 aliphatic heterocycles. The van der Waals surface area contributed by atoms with Crippen molar-refractivity contribution in [2.75, 3.05) is 11.1 Å². The van der Waals surface area contributed by atoms with Gasteiger partial charge >= 0.3 is 0 Å². The van der Waals surface area contributed by atoms with Crippen molar-refractivity contribution in [2.45, 2.75) is 51.5 Å². The van der Waals surface area contributed by atoms with Gasteiger partial charge in [-0.1, -0.05) is 11.6 Å². The maximum Gasteiger partial charge on any atom is 0.267 e. The Kier molecular flexibility index (Phi) is 5.01. The minimum atomic E-state index is -0.450. The van der Waals surface area contributed by atoms with Crippen LogP contribution in [0.1, 0.15) is 45.4 Å². The van der Waals surface area contributed by atoms with Crippen molar-refractivity contribution in [1.29, 1.82) is 5.26 Å². The number of rotatable bonds is 5. The molecule has 4 fully saturated rings. The number of nitrogens with one attached hydrogen (secondary N) is 2. The zero-order chi connectivity index (χ0) is 19.9. The van der Waals surface area contributed by atoms with Gasteiger partial charge in [-0.25, -0.2) is 0 Å². The number of amides is 1. The van der Waals surface area contributed by atoms with Gasteiger partial charge in [0.2, 0.25) is 0 Å². The van der Waals surface area contributed by atoms with Crippen molar-refractivity contribution in [1.82, 2.24) is 5.32 Å². The van der Waals surface area contributed by atoms with Gasteiger partial charge in [0.1, 0.15) is 11.6 Å². The summed E-state index contributed by atoms with van der Waals surface area (Å²) in [6, 6.07) is 7.13. The van der Waals surface area contributed by atoms with Gasteiger partial charge in [-0.2, -0.15) is 5.26 Å². The van der Waals surface area contributed by atoms with Gasteiger partial charge in [0.05, 0.1) is 10.7 Å². The van der Waals surface area contributed by atoms with Gasteiger partial charge in [-0.05, 0) is 86.8 Å². The number of nitrogen functional groups attached to an aromatic ring is 1. The van der Waals surface area contributed by atoms with Crippen molar-refractivity contribution in [3.63, 3.8) is 0 Å². The summed E-state index contributed by atoms with van der Waals surface area (Å²) in [6.45, 7) is 2.20. The molecule has 4 bridgehead atoms. The number of carbonyl (C=O) groups excluding carboxylic acids is 1. The normalized spacial score (nSPS) is 31.9. The smallest absolute Gasteiger partial charge is 0.267 e. The molecule has 5 rings (SSSR count). The van der Waals surface area contributed by atoms with Crippen LogP contribution in [0.25, 0.3) is 0 Å². The van der Waals surface area contributed by atoms with Crippen LogP contribution in [0.2, 0.25) is 5.02 Å². The van der Waals surface area contributed by atoms with Gasteiger partial charge in [0.25, 0.3) is 5.91 Å². The Hall–Kier alpha value is -2.19. The lowest BCUT2D eigenvalue weighted by Gasteiger charge is -2.59. The molecule has 1 unspecified atom stereocenters. The number of halogens is 1. The lowest BCUT2D eigenvalue weighted by molar-refractivity contribution is -0.112. The zero-order valence-corrected chi connectivity index (χ0v) is 16.9. The molecule has 4 N–H and O–H groups in total. The highest BCUT2D eigenvalue weighted by atomic mass is 35.5. The van der Waals surface area contributed by atoms with E-state index in [1.807, 2.05) is 6.07 Å². The Bertz CT molecular complexity index is 821. The van der Waals surface area contributed by atoms with Crippen LogP contribution in [0.4, 0.5) is 11.4 Å². The van der Waals surface area contributed by atoms with Crippen LogP contribution in [0, 0.1) is 34.5 Å². The Labute approximate surface area is 171 Å². The van der Waals surface area contributed by atoms with Gasteiger partial charge in [-0.3, -0.25) is 4.79 Å². The summed E-state index contributed by atoms with van der Waals surface area (Å²) in [5.41, 5.74) is 7.02. The molecule has 0 aromatic heterocycles. The maximum atomic E-state index is 12.5. The van der Waals surface area contributed by atoms with Crippen molar-refractivity contribution in [3.8, 4) is 6.07 Å². The third-order valence-corrected chi connectivity index (χ3v) is 7.43. The SMILES string of the molecule is CC(N/C=C(/C#N)C(=O)Nc1ccc(N)c(Cl)c1)C12CC3CC(CC(C3)C1)C2. The molecule has 4 aliphatic carbocycles. The largest absolute Gasteiger partial charge is 0.398 e. The Morgan fingerprint density at radius 3 is 2.43 bits per heavy atom. The molecule has 5 nitrogen and oxygen atoms in total. The summed E-state index contributed by atoms with van der Waals surface area (Å²) < 4.78 is 0. The Balaban J connectivity index is 1.43. The molecule has 1 aromatic rings. The summed E-state index contributed by atoms with van der Waals surface area (Å²) in [7, 11) is 0.